The molecule has 0 saturated carbocycles. The Hall–Kier alpha value is -3.67. The van der Waals surface area contributed by atoms with Crippen LogP contribution in [0.1, 0.15) is 5.56 Å². The van der Waals surface area contributed by atoms with Crippen LogP contribution in [0.15, 0.2) is 108 Å². The summed E-state index contributed by atoms with van der Waals surface area (Å²) in [6.45, 7) is 1.87. The number of sulfonamides is 1. The topological polar surface area (TPSA) is 68.2 Å². The number of benzene rings is 4. The van der Waals surface area contributed by atoms with Crippen molar-refractivity contribution in [2.75, 3.05) is 4.72 Å². The third-order valence-electron chi connectivity index (χ3n) is 6.25. The van der Waals surface area contributed by atoms with E-state index in [0.29, 0.717) is 21.5 Å². The van der Waals surface area contributed by atoms with Gasteiger partial charge in [0.25, 0.3) is 10.0 Å². The van der Waals surface area contributed by atoms with Crippen LogP contribution in [0, 0.1) is 12.7 Å². The Bertz CT molecular complexity index is 1670. The first-order valence-electron chi connectivity index (χ1n) is 11.3. The molecule has 0 amide bonds. The molecule has 0 radical (unpaired) electrons. The van der Waals surface area contributed by atoms with Gasteiger partial charge >= 0.3 is 0 Å². The lowest BCUT2D eigenvalue weighted by atomic mass is 10.2. The lowest BCUT2D eigenvalue weighted by Crippen LogP contribution is -2.28. The Balaban J connectivity index is 1.85. The molecule has 0 atom stereocenters. The van der Waals surface area contributed by atoms with Crippen LogP contribution >= 0.6 is 7.14 Å². The van der Waals surface area contributed by atoms with Crippen LogP contribution in [0.3, 0.4) is 0 Å². The SMILES string of the molecule is Cc1ccc(S(=O)(=O)Nc2c(P(=O)(c3ccccc3)c3ccccc3)c3cc(F)ccc3n2C)cc1. The molecule has 0 fully saturated rings. The van der Waals surface area contributed by atoms with E-state index in [4.69, 9.17) is 0 Å². The van der Waals surface area contributed by atoms with Crippen LogP contribution in [0.4, 0.5) is 10.2 Å². The summed E-state index contributed by atoms with van der Waals surface area (Å²) in [6, 6.07) is 28.5. The number of hydrogen-bond acceptors (Lipinski definition) is 3. The lowest BCUT2D eigenvalue weighted by Gasteiger charge is -2.22. The van der Waals surface area contributed by atoms with Gasteiger partial charge in [-0.15, -0.1) is 0 Å². The summed E-state index contributed by atoms with van der Waals surface area (Å²) in [6.07, 6.45) is 0. The van der Waals surface area contributed by atoms with Crippen molar-refractivity contribution < 1.29 is 17.4 Å². The number of nitrogens with one attached hydrogen (secondary N) is 1. The molecule has 4 aromatic carbocycles. The third kappa shape index (κ3) is 4.04. The second-order valence-electron chi connectivity index (χ2n) is 8.62. The van der Waals surface area contributed by atoms with E-state index < -0.39 is 23.0 Å². The van der Waals surface area contributed by atoms with Crippen LogP contribution in [0.5, 0.6) is 0 Å². The zero-order valence-corrected chi connectivity index (χ0v) is 21.4. The van der Waals surface area contributed by atoms with Gasteiger partial charge in [-0.25, -0.2) is 12.8 Å². The summed E-state index contributed by atoms with van der Waals surface area (Å²) >= 11 is 0. The average Bonchev–Trinajstić information content (AvgIpc) is 3.15. The Kier molecular flexibility index (Phi) is 6.07. The first kappa shape index (κ1) is 24.0. The number of nitrogens with zero attached hydrogens (tertiary/aromatic N) is 1. The van der Waals surface area contributed by atoms with Gasteiger partial charge in [-0.2, -0.15) is 0 Å². The highest BCUT2D eigenvalue weighted by Gasteiger charge is 2.37. The lowest BCUT2D eigenvalue weighted by molar-refractivity contribution is 0.592. The van der Waals surface area contributed by atoms with Gasteiger partial charge in [-0.3, -0.25) is 4.72 Å². The molecule has 36 heavy (non-hydrogen) atoms. The molecule has 5 rings (SSSR count). The summed E-state index contributed by atoms with van der Waals surface area (Å²) < 4.78 is 61.1. The zero-order valence-electron chi connectivity index (χ0n) is 19.7. The van der Waals surface area contributed by atoms with Gasteiger partial charge in [0.2, 0.25) is 0 Å². The first-order chi connectivity index (χ1) is 17.2. The second-order valence-corrected chi connectivity index (χ2v) is 13.0. The second kappa shape index (κ2) is 9.08. The Morgan fingerprint density at radius 1 is 0.806 bits per heavy atom. The van der Waals surface area contributed by atoms with Crippen molar-refractivity contribution in [1.29, 1.82) is 0 Å². The highest BCUT2D eigenvalue weighted by atomic mass is 32.2. The van der Waals surface area contributed by atoms with Gasteiger partial charge in [0, 0.05) is 23.0 Å². The molecule has 5 aromatic rings. The Labute approximate surface area is 209 Å². The van der Waals surface area contributed by atoms with Crippen molar-refractivity contribution in [2.45, 2.75) is 11.8 Å². The fourth-order valence-corrected chi connectivity index (χ4v) is 8.62. The summed E-state index contributed by atoms with van der Waals surface area (Å²) in [5, 5.41) is 1.66. The monoisotopic (exact) mass is 518 g/mol. The van der Waals surface area contributed by atoms with E-state index in [1.807, 2.05) is 19.1 Å². The van der Waals surface area contributed by atoms with Gasteiger partial charge in [0.05, 0.1) is 15.7 Å². The van der Waals surface area contributed by atoms with E-state index in [1.54, 1.807) is 78.3 Å². The molecule has 182 valence electrons. The van der Waals surface area contributed by atoms with E-state index in [1.165, 1.54) is 24.3 Å². The van der Waals surface area contributed by atoms with E-state index in [0.717, 1.165) is 5.56 Å². The number of rotatable bonds is 6. The molecule has 1 heterocycles. The average molecular weight is 519 g/mol. The molecule has 0 bridgehead atoms. The first-order valence-corrected chi connectivity index (χ1v) is 14.5. The summed E-state index contributed by atoms with van der Waals surface area (Å²) in [5.41, 5.74) is 1.48. The summed E-state index contributed by atoms with van der Waals surface area (Å²) in [5.74, 6) is -0.373. The molecule has 0 saturated heterocycles. The zero-order chi connectivity index (χ0) is 25.5. The predicted molar refractivity (Wildman–Crippen MR) is 144 cm³/mol. The van der Waals surface area contributed by atoms with Crippen LogP contribution < -0.4 is 20.6 Å². The van der Waals surface area contributed by atoms with Crippen molar-refractivity contribution in [3.8, 4) is 0 Å². The molecule has 0 aliphatic rings. The van der Waals surface area contributed by atoms with E-state index >= 15 is 4.57 Å². The highest BCUT2D eigenvalue weighted by molar-refractivity contribution is 7.93. The molecule has 5 nitrogen and oxygen atoms in total. The molecule has 1 aromatic heterocycles. The van der Waals surface area contributed by atoms with Crippen LogP contribution in [0.25, 0.3) is 10.9 Å². The van der Waals surface area contributed by atoms with Crippen LogP contribution in [0.2, 0.25) is 0 Å². The van der Waals surface area contributed by atoms with Gasteiger partial charge in [-0.1, -0.05) is 78.4 Å². The third-order valence-corrected chi connectivity index (χ3v) is 10.7. The van der Waals surface area contributed by atoms with Gasteiger partial charge < -0.3 is 9.13 Å². The molecular formula is C28H24FN2O3PS. The molecule has 0 aliphatic heterocycles. The molecule has 0 aliphatic carbocycles. The molecule has 0 spiro atoms. The standard InChI is InChI=1S/C28H24FN2O3PS/c1-20-13-16-24(17-14-20)36(33,34)30-28-27(25-19-21(29)15-18-26(25)31(28)2)35(32,22-9-5-3-6-10-22)23-11-7-4-8-12-23/h3-19,30H,1-2H3. The van der Waals surface area contributed by atoms with Crippen molar-refractivity contribution in [1.82, 2.24) is 4.57 Å². The number of aryl methyl sites for hydroxylation is 2. The largest absolute Gasteiger partial charge is 0.329 e. The minimum Gasteiger partial charge on any atom is -0.329 e. The van der Waals surface area contributed by atoms with Crippen LogP contribution in [-0.4, -0.2) is 13.0 Å². The number of fused-ring (bicyclic) bond motifs is 1. The van der Waals surface area contributed by atoms with Crippen LogP contribution in [-0.2, 0) is 21.6 Å². The predicted octanol–water partition coefficient (Wildman–Crippen LogP) is 5.07. The summed E-state index contributed by atoms with van der Waals surface area (Å²) in [4.78, 5) is 0.0738. The maximum atomic E-state index is 15.3. The fraction of sp³-hybridized carbons (Fsp3) is 0.0714. The quantitative estimate of drug-likeness (QED) is 0.320. The van der Waals surface area contributed by atoms with E-state index in [9.17, 15) is 12.8 Å². The Morgan fingerprint density at radius 3 is 1.92 bits per heavy atom. The number of hydrogen-bond donors (Lipinski definition) is 1. The number of anilines is 1. The van der Waals surface area contributed by atoms with Crippen molar-refractivity contribution >= 4 is 49.8 Å². The molecule has 0 unspecified atom stereocenters. The van der Waals surface area contributed by atoms with Gasteiger partial charge in [0.15, 0.2) is 7.14 Å². The van der Waals surface area contributed by atoms with Gasteiger partial charge in [0.1, 0.15) is 11.6 Å². The number of aromatic nitrogens is 1. The molecule has 8 heteroatoms. The van der Waals surface area contributed by atoms with E-state index in [2.05, 4.69) is 4.72 Å². The van der Waals surface area contributed by atoms with Crippen molar-refractivity contribution in [2.24, 2.45) is 7.05 Å². The maximum absolute atomic E-state index is 15.3. The minimum absolute atomic E-state index is 0.0738. The maximum Gasteiger partial charge on any atom is 0.263 e. The molecular weight excluding hydrogens is 494 g/mol. The van der Waals surface area contributed by atoms with Crippen molar-refractivity contribution in [3.05, 3.63) is 115 Å². The normalized spacial score (nSPS) is 12.1. The number of halogens is 1. The van der Waals surface area contributed by atoms with E-state index in [-0.39, 0.29) is 16.0 Å². The Morgan fingerprint density at radius 2 is 1.36 bits per heavy atom. The minimum atomic E-state index is -4.04. The smallest absolute Gasteiger partial charge is 0.263 e. The van der Waals surface area contributed by atoms with Crippen molar-refractivity contribution in [3.63, 3.8) is 0 Å². The summed E-state index contributed by atoms with van der Waals surface area (Å²) in [7, 11) is -6.02. The highest BCUT2D eigenvalue weighted by Crippen LogP contribution is 2.48. The fourth-order valence-electron chi connectivity index (χ4n) is 4.42. The van der Waals surface area contributed by atoms with Gasteiger partial charge in [-0.05, 0) is 37.3 Å². The molecule has 1 N–H and O–H groups in total.